The minimum atomic E-state index is -0.341. The second-order valence-electron chi connectivity index (χ2n) is 4.58. The number of benzene rings is 1. The second kappa shape index (κ2) is 7.56. The maximum atomic E-state index is 11.9. The van der Waals surface area contributed by atoms with Crippen LogP contribution in [0.25, 0.3) is 0 Å². The third kappa shape index (κ3) is 4.73. The molecule has 0 saturated carbocycles. The van der Waals surface area contributed by atoms with Crippen molar-refractivity contribution in [2.75, 3.05) is 14.2 Å². The van der Waals surface area contributed by atoms with Crippen LogP contribution in [0.4, 0.5) is 0 Å². The Hall–Kier alpha value is -1.84. The van der Waals surface area contributed by atoms with Crippen molar-refractivity contribution in [2.45, 2.75) is 19.8 Å². The van der Waals surface area contributed by atoms with Crippen molar-refractivity contribution >= 4 is 11.9 Å². The van der Waals surface area contributed by atoms with Crippen LogP contribution in [0.5, 0.6) is 0 Å². The predicted molar refractivity (Wildman–Crippen MR) is 71.4 cm³/mol. The van der Waals surface area contributed by atoms with Crippen molar-refractivity contribution < 1.29 is 19.1 Å². The summed E-state index contributed by atoms with van der Waals surface area (Å²) >= 11 is 0. The standard InChI is InChI=1S/C15H20O4/c1-11(9-14(16)18-2)13(15(17)19-3)10-12-7-5-4-6-8-12/h4-8,11,13H,9-10H2,1-3H3. The summed E-state index contributed by atoms with van der Waals surface area (Å²) < 4.78 is 9.47. The van der Waals surface area contributed by atoms with Crippen molar-refractivity contribution in [3.63, 3.8) is 0 Å². The van der Waals surface area contributed by atoms with Gasteiger partial charge in [-0.2, -0.15) is 0 Å². The first-order valence-electron chi connectivity index (χ1n) is 6.27. The van der Waals surface area contributed by atoms with Crippen LogP contribution in [0.1, 0.15) is 18.9 Å². The summed E-state index contributed by atoms with van der Waals surface area (Å²) in [6, 6.07) is 9.69. The van der Waals surface area contributed by atoms with Gasteiger partial charge in [0.1, 0.15) is 0 Å². The normalized spacial score (nSPS) is 13.4. The lowest BCUT2D eigenvalue weighted by Gasteiger charge is -2.21. The van der Waals surface area contributed by atoms with E-state index in [1.54, 1.807) is 0 Å². The highest BCUT2D eigenvalue weighted by Gasteiger charge is 2.28. The van der Waals surface area contributed by atoms with E-state index < -0.39 is 0 Å². The molecule has 0 amide bonds. The van der Waals surface area contributed by atoms with E-state index in [0.717, 1.165) is 5.56 Å². The Morgan fingerprint density at radius 1 is 1.11 bits per heavy atom. The lowest BCUT2D eigenvalue weighted by Crippen LogP contribution is -2.27. The average molecular weight is 264 g/mol. The number of carbonyl (C=O) groups is 2. The summed E-state index contributed by atoms with van der Waals surface area (Å²) in [5.41, 5.74) is 1.05. The molecule has 0 bridgehead atoms. The fourth-order valence-corrected chi connectivity index (χ4v) is 2.02. The molecular weight excluding hydrogens is 244 g/mol. The van der Waals surface area contributed by atoms with Gasteiger partial charge < -0.3 is 9.47 Å². The van der Waals surface area contributed by atoms with Gasteiger partial charge in [0, 0.05) is 6.42 Å². The number of methoxy groups -OCH3 is 2. The maximum Gasteiger partial charge on any atom is 0.309 e. The van der Waals surface area contributed by atoms with Crippen LogP contribution in [-0.4, -0.2) is 26.2 Å². The summed E-state index contributed by atoms with van der Waals surface area (Å²) in [5.74, 6) is -1.07. The number of hydrogen-bond donors (Lipinski definition) is 0. The summed E-state index contributed by atoms with van der Waals surface area (Å²) in [4.78, 5) is 23.2. The molecule has 1 aromatic rings. The lowest BCUT2D eigenvalue weighted by molar-refractivity contribution is -0.149. The van der Waals surface area contributed by atoms with E-state index in [9.17, 15) is 9.59 Å². The first-order chi connectivity index (χ1) is 9.08. The SMILES string of the molecule is COC(=O)CC(C)C(Cc1ccccc1)C(=O)OC. The molecule has 2 atom stereocenters. The molecule has 0 aliphatic rings. The molecule has 4 nitrogen and oxygen atoms in total. The van der Waals surface area contributed by atoms with Gasteiger partial charge in [0.05, 0.1) is 20.1 Å². The van der Waals surface area contributed by atoms with Gasteiger partial charge in [0.2, 0.25) is 0 Å². The molecule has 4 heteroatoms. The fraction of sp³-hybridized carbons (Fsp3) is 0.467. The van der Waals surface area contributed by atoms with Crippen molar-refractivity contribution in [3.05, 3.63) is 35.9 Å². The van der Waals surface area contributed by atoms with E-state index >= 15 is 0 Å². The molecule has 0 aromatic heterocycles. The molecule has 19 heavy (non-hydrogen) atoms. The lowest BCUT2D eigenvalue weighted by atomic mass is 9.86. The number of ether oxygens (including phenoxy) is 2. The Morgan fingerprint density at radius 2 is 1.74 bits per heavy atom. The molecule has 0 fully saturated rings. The third-order valence-electron chi connectivity index (χ3n) is 3.21. The minimum absolute atomic E-state index is 0.125. The Balaban J connectivity index is 2.77. The molecule has 2 unspecified atom stereocenters. The number of esters is 2. The molecule has 104 valence electrons. The first kappa shape index (κ1) is 15.2. The van der Waals surface area contributed by atoms with E-state index in [2.05, 4.69) is 4.74 Å². The molecule has 0 radical (unpaired) electrons. The van der Waals surface area contributed by atoms with Gasteiger partial charge in [-0.3, -0.25) is 9.59 Å². The summed E-state index contributed by atoms with van der Waals surface area (Å²) in [5, 5.41) is 0. The molecule has 0 saturated heterocycles. The van der Waals surface area contributed by atoms with Gasteiger partial charge in [0.15, 0.2) is 0 Å². The highest BCUT2D eigenvalue weighted by atomic mass is 16.5. The molecule has 0 N–H and O–H groups in total. The topological polar surface area (TPSA) is 52.6 Å². The Morgan fingerprint density at radius 3 is 2.26 bits per heavy atom. The van der Waals surface area contributed by atoms with Gasteiger partial charge in [-0.05, 0) is 17.9 Å². The molecule has 0 heterocycles. The Labute approximate surface area is 113 Å². The highest BCUT2D eigenvalue weighted by Crippen LogP contribution is 2.22. The van der Waals surface area contributed by atoms with Crippen molar-refractivity contribution in [1.82, 2.24) is 0 Å². The summed E-state index contributed by atoms with van der Waals surface area (Å²) in [7, 11) is 2.71. The zero-order chi connectivity index (χ0) is 14.3. The van der Waals surface area contributed by atoms with Gasteiger partial charge in [-0.15, -0.1) is 0 Å². The zero-order valence-electron chi connectivity index (χ0n) is 11.6. The van der Waals surface area contributed by atoms with Gasteiger partial charge in [-0.25, -0.2) is 0 Å². The summed E-state index contributed by atoms with van der Waals surface area (Å²) in [6.07, 6.45) is 0.773. The predicted octanol–water partition coefficient (Wildman–Crippen LogP) is 2.22. The van der Waals surface area contributed by atoms with Gasteiger partial charge in [0.25, 0.3) is 0 Å². The van der Waals surface area contributed by atoms with E-state index in [0.29, 0.717) is 6.42 Å². The quantitative estimate of drug-likeness (QED) is 0.739. The first-order valence-corrected chi connectivity index (χ1v) is 6.27. The number of rotatable bonds is 6. The van der Waals surface area contributed by atoms with Crippen molar-refractivity contribution in [2.24, 2.45) is 11.8 Å². The molecule has 0 aliphatic carbocycles. The van der Waals surface area contributed by atoms with Crippen LogP contribution in [0.3, 0.4) is 0 Å². The van der Waals surface area contributed by atoms with E-state index in [1.165, 1.54) is 14.2 Å². The van der Waals surface area contributed by atoms with Crippen LogP contribution >= 0.6 is 0 Å². The van der Waals surface area contributed by atoms with Gasteiger partial charge >= 0.3 is 11.9 Å². The molecular formula is C15H20O4. The number of hydrogen-bond acceptors (Lipinski definition) is 4. The zero-order valence-corrected chi connectivity index (χ0v) is 11.6. The molecule has 1 rings (SSSR count). The van der Waals surface area contributed by atoms with Crippen molar-refractivity contribution in [3.8, 4) is 0 Å². The smallest absolute Gasteiger partial charge is 0.309 e. The summed E-state index contributed by atoms with van der Waals surface area (Å²) in [6.45, 7) is 1.86. The second-order valence-corrected chi connectivity index (χ2v) is 4.58. The molecule has 0 spiro atoms. The minimum Gasteiger partial charge on any atom is -0.469 e. The van der Waals surface area contributed by atoms with Crippen LogP contribution < -0.4 is 0 Å². The number of carbonyl (C=O) groups excluding carboxylic acids is 2. The monoisotopic (exact) mass is 264 g/mol. The van der Waals surface area contributed by atoms with E-state index in [-0.39, 0.29) is 30.2 Å². The fourth-order valence-electron chi connectivity index (χ4n) is 2.02. The van der Waals surface area contributed by atoms with Crippen LogP contribution in [0, 0.1) is 11.8 Å². The van der Waals surface area contributed by atoms with E-state index in [1.807, 2.05) is 37.3 Å². The van der Waals surface area contributed by atoms with Crippen molar-refractivity contribution in [1.29, 1.82) is 0 Å². The van der Waals surface area contributed by atoms with Gasteiger partial charge in [-0.1, -0.05) is 37.3 Å². The van der Waals surface area contributed by atoms with E-state index in [4.69, 9.17) is 4.74 Å². The maximum absolute atomic E-state index is 11.9. The highest BCUT2D eigenvalue weighted by molar-refractivity contribution is 5.75. The van der Waals surface area contributed by atoms with Crippen LogP contribution in [0.2, 0.25) is 0 Å². The molecule has 1 aromatic carbocycles. The largest absolute Gasteiger partial charge is 0.469 e. The molecule has 0 aliphatic heterocycles. The Bertz CT molecular complexity index is 413. The third-order valence-corrected chi connectivity index (χ3v) is 3.21. The Kier molecular flexibility index (Phi) is 6.06. The van der Waals surface area contributed by atoms with Crippen LogP contribution in [0.15, 0.2) is 30.3 Å². The average Bonchev–Trinajstić information content (AvgIpc) is 2.44. The van der Waals surface area contributed by atoms with Crippen LogP contribution in [-0.2, 0) is 25.5 Å².